The first-order chi connectivity index (χ1) is 8.31. The van der Waals surface area contributed by atoms with E-state index in [2.05, 4.69) is 0 Å². The molecule has 0 spiro atoms. The second kappa shape index (κ2) is 4.55. The van der Waals surface area contributed by atoms with Crippen LogP contribution in [0.3, 0.4) is 0 Å². The van der Waals surface area contributed by atoms with E-state index < -0.39 is 20.7 Å². The minimum absolute atomic E-state index is 0.130. The Morgan fingerprint density at radius 2 is 2.17 bits per heavy atom. The molecular weight excluding hydrogens is 252 g/mol. The van der Waals surface area contributed by atoms with Crippen LogP contribution in [0, 0.1) is 0 Å². The summed E-state index contributed by atoms with van der Waals surface area (Å²) >= 11 is 0. The highest BCUT2D eigenvalue weighted by Crippen LogP contribution is 2.37. The molecule has 0 aliphatic heterocycles. The first-order valence-corrected chi connectivity index (χ1v) is 7.96. The van der Waals surface area contributed by atoms with E-state index in [1.54, 1.807) is 24.3 Å². The fourth-order valence-electron chi connectivity index (χ4n) is 2.86. The van der Waals surface area contributed by atoms with Gasteiger partial charge in [-0.1, -0.05) is 12.1 Å². The SMILES string of the molecule is CS(=O)(=O)C1CCCC1(O)Cc1cccc(O)c1. The van der Waals surface area contributed by atoms with Gasteiger partial charge >= 0.3 is 0 Å². The van der Waals surface area contributed by atoms with Gasteiger partial charge in [-0.3, -0.25) is 0 Å². The summed E-state index contributed by atoms with van der Waals surface area (Å²) in [7, 11) is -3.25. The summed E-state index contributed by atoms with van der Waals surface area (Å²) in [6, 6.07) is 6.60. The molecule has 2 unspecified atom stereocenters. The molecule has 0 radical (unpaired) electrons. The Bertz CT molecular complexity index is 538. The fraction of sp³-hybridized carbons (Fsp3) is 0.538. The van der Waals surface area contributed by atoms with E-state index in [1.807, 2.05) is 0 Å². The Morgan fingerprint density at radius 1 is 1.44 bits per heavy atom. The van der Waals surface area contributed by atoms with Crippen LogP contribution in [-0.2, 0) is 16.3 Å². The number of hydrogen-bond acceptors (Lipinski definition) is 4. The van der Waals surface area contributed by atoms with Crippen molar-refractivity contribution in [2.24, 2.45) is 0 Å². The van der Waals surface area contributed by atoms with E-state index in [0.717, 1.165) is 5.56 Å². The summed E-state index contributed by atoms with van der Waals surface area (Å²) < 4.78 is 23.4. The molecule has 1 saturated carbocycles. The van der Waals surface area contributed by atoms with Crippen LogP contribution in [0.15, 0.2) is 24.3 Å². The van der Waals surface area contributed by atoms with E-state index in [0.29, 0.717) is 19.3 Å². The van der Waals surface area contributed by atoms with Gasteiger partial charge in [0.25, 0.3) is 0 Å². The highest BCUT2D eigenvalue weighted by molar-refractivity contribution is 7.91. The maximum absolute atomic E-state index is 11.7. The van der Waals surface area contributed by atoms with Gasteiger partial charge in [0.1, 0.15) is 5.75 Å². The Kier molecular flexibility index (Phi) is 3.38. The first kappa shape index (κ1) is 13.4. The van der Waals surface area contributed by atoms with Crippen molar-refractivity contribution in [1.82, 2.24) is 0 Å². The molecule has 1 aromatic rings. The van der Waals surface area contributed by atoms with E-state index >= 15 is 0 Å². The maximum Gasteiger partial charge on any atom is 0.153 e. The Balaban J connectivity index is 2.26. The third kappa shape index (κ3) is 2.67. The molecule has 5 heteroatoms. The number of hydrogen-bond donors (Lipinski definition) is 2. The molecule has 1 aromatic carbocycles. The number of sulfone groups is 1. The molecule has 1 aliphatic carbocycles. The van der Waals surface area contributed by atoms with E-state index in [9.17, 15) is 18.6 Å². The van der Waals surface area contributed by atoms with Crippen LogP contribution < -0.4 is 0 Å². The highest BCUT2D eigenvalue weighted by atomic mass is 32.2. The molecule has 0 saturated heterocycles. The van der Waals surface area contributed by atoms with Crippen LogP contribution in [-0.4, -0.2) is 35.7 Å². The summed E-state index contributed by atoms with van der Waals surface area (Å²) in [4.78, 5) is 0. The smallest absolute Gasteiger partial charge is 0.153 e. The van der Waals surface area contributed by atoms with Crippen molar-refractivity contribution in [3.63, 3.8) is 0 Å². The van der Waals surface area contributed by atoms with Crippen LogP contribution in [0.5, 0.6) is 5.75 Å². The molecule has 2 rings (SSSR count). The minimum Gasteiger partial charge on any atom is -0.508 e. The average molecular weight is 270 g/mol. The maximum atomic E-state index is 11.7. The number of benzene rings is 1. The standard InChI is InChI=1S/C13H18O4S/c1-18(16,17)12-6-3-7-13(12,15)9-10-4-2-5-11(14)8-10/h2,4-5,8,12,14-15H,3,6-7,9H2,1H3. The highest BCUT2D eigenvalue weighted by Gasteiger charge is 2.46. The van der Waals surface area contributed by atoms with Crippen molar-refractivity contribution in [2.45, 2.75) is 36.5 Å². The van der Waals surface area contributed by atoms with Gasteiger partial charge in [0.05, 0.1) is 10.9 Å². The predicted octanol–water partition coefficient (Wildman–Crippen LogP) is 1.26. The van der Waals surface area contributed by atoms with E-state index in [1.165, 1.54) is 6.26 Å². The topological polar surface area (TPSA) is 74.6 Å². The van der Waals surface area contributed by atoms with Crippen molar-refractivity contribution in [3.8, 4) is 5.75 Å². The zero-order valence-electron chi connectivity index (χ0n) is 10.3. The van der Waals surface area contributed by atoms with Crippen molar-refractivity contribution in [3.05, 3.63) is 29.8 Å². The molecule has 2 atom stereocenters. The molecule has 100 valence electrons. The summed E-state index contributed by atoms with van der Waals surface area (Å²) in [5.41, 5.74) is -0.450. The molecule has 1 fully saturated rings. The molecule has 18 heavy (non-hydrogen) atoms. The van der Waals surface area contributed by atoms with Crippen LogP contribution in [0.4, 0.5) is 0 Å². The van der Waals surface area contributed by atoms with Crippen molar-refractivity contribution < 1.29 is 18.6 Å². The first-order valence-electron chi connectivity index (χ1n) is 6.00. The van der Waals surface area contributed by atoms with E-state index in [-0.39, 0.29) is 12.2 Å². The van der Waals surface area contributed by atoms with Gasteiger partial charge in [0, 0.05) is 12.7 Å². The number of aromatic hydroxyl groups is 1. The number of phenolic OH excluding ortho intramolecular Hbond substituents is 1. The zero-order chi connectivity index (χ0) is 13.4. The molecule has 0 amide bonds. The van der Waals surface area contributed by atoms with Crippen molar-refractivity contribution >= 4 is 9.84 Å². The van der Waals surface area contributed by atoms with Crippen LogP contribution in [0.2, 0.25) is 0 Å². The van der Waals surface area contributed by atoms with Crippen molar-refractivity contribution in [2.75, 3.05) is 6.26 Å². The summed E-state index contributed by atoms with van der Waals surface area (Å²) in [5.74, 6) is 0.130. The summed E-state index contributed by atoms with van der Waals surface area (Å²) in [5, 5.41) is 19.3. The van der Waals surface area contributed by atoms with Crippen LogP contribution >= 0.6 is 0 Å². The van der Waals surface area contributed by atoms with Gasteiger partial charge < -0.3 is 10.2 Å². The van der Waals surface area contributed by atoms with Gasteiger partial charge in [0.15, 0.2) is 9.84 Å². The third-order valence-electron chi connectivity index (χ3n) is 3.61. The monoisotopic (exact) mass is 270 g/mol. The lowest BCUT2D eigenvalue weighted by Gasteiger charge is -2.29. The Labute approximate surface area is 107 Å². The van der Waals surface area contributed by atoms with Gasteiger partial charge in [-0.15, -0.1) is 0 Å². The lowest BCUT2D eigenvalue weighted by atomic mass is 9.92. The lowest BCUT2D eigenvalue weighted by molar-refractivity contribution is 0.0512. The molecule has 2 N–H and O–H groups in total. The van der Waals surface area contributed by atoms with Gasteiger partial charge in [-0.25, -0.2) is 8.42 Å². The van der Waals surface area contributed by atoms with Gasteiger partial charge in [-0.05, 0) is 37.0 Å². The minimum atomic E-state index is -3.25. The molecule has 0 bridgehead atoms. The molecular formula is C13H18O4S. The van der Waals surface area contributed by atoms with Crippen LogP contribution in [0.1, 0.15) is 24.8 Å². The normalized spacial score (nSPS) is 28.4. The average Bonchev–Trinajstić information content (AvgIpc) is 2.59. The largest absolute Gasteiger partial charge is 0.508 e. The molecule has 0 heterocycles. The molecule has 1 aliphatic rings. The number of aliphatic hydroxyl groups is 1. The second-order valence-corrected chi connectivity index (χ2v) is 7.39. The second-order valence-electron chi connectivity index (χ2n) is 5.16. The number of rotatable bonds is 3. The predicted molar refractivity (Wildman–Crippen MR) is 69.2 cm³/mol. The Morgan fingerprint density at radius 3 is 2.78 bits per heavy atom. The zero-order valence-corrected chi connectivity index (χ0v) is 11.2. The van der Waals surface area contributed by atoms with Gasteiger partial charge in [0.2, 0.25) is 0 Å². The Hall–Kier alpha value is -1.07. The van der Waals surface area contributed by atoms with Crippen molar-refractivity contribution in [1.29, 1.82) is 0 Å². The summed E-state index contributed by atoms with van der Waals surface area (Å²) in [6.07, 6.45) is 3.15. The fourth-order valence-corrected chi connectivity index (χ4v) is 4.45. The summed E-state index contributed by atoms with van der Waals surface area (Å²) in [6.45, 7) is 0. The molecule has 0 aromatic heterocycles. The molecule has 4 nitrogen and oxygen atoms in total. The third-order valence-corrected chi connectivity index (χ3v) is 5.32. The quantitative estimate of drug-likeness (QED) is 0.867. The van der Waals surface area contributed by atoms with Gasteiger partial charge in [-0.2, -0.15) is 0 Å². The van der Waals surface area contributed by atoms with E-state index in [4.69, 9.17) is 0 Å². The lowest BCUT2D eigenvalue weighted by Crippen LogP contribution is -2.44. The van der Waals surface area contributed by atoms with Crippen LogP contribution in [0.25, 0.3) is 0 Å². The number of phenols is 1.